The molecule has 0 fully saturated rings. The number of nitrogens with zero attached hydrogens (tertiary/aromatic N) is 1. The molecule has 0 amide bonds. The molecule has 5 N–H and O–H groups in total. The van der Waals surface area contributed by atoms with E-state index in [0.29, 0.717) is 6.54 Å². The van der Waals surface area contributed by atoms with Gasteiger partial charge in [0.1, 0.15) is 0 Å². The summed E-state index contributed by atoms with van der Waals surface area (Å²) >= 11 is 0. The molecule has 5 heteroatoms. The van der Waals surface area contributed by atoms with E-state index in [1.165, 1.54) is 4.57 Å². The Morgan fingerprint density at radius 1 is 1.70 bits per heavy atom. The molecule has 1 aromatic rings. The smallest absolute Gasteiger partial charge is 0.315 e. The minimum atomic E-state index is -0.478. The zero-order valence-electron chi connectivity index (χ0n) is 5.45. The Morgan fingerprint density at radius 2 is 2.40 bits per heavy atom. The minimum absolute atomic E-state index is 0.180. The maximum absolute atomic E-state index is 10.8. The number of aromatic amines is 1. The second kappa shape index (κ2) is 2.68. The van der Waals surface area contributed by atoms with E-state index in [-0.39, 0.29) is 5.69 Å². The third kappa shape index (κ3) is 1.46. The molecule has 1 aromatic heterocycles. The fourth-order valence-corrected chi connectivity index (χ4v) is 0.720. The standard InChI is InChI=1S/C5H10N4O/c6-4(7)3-9-2-1-8-5(9)10/h1-2,4H,3,6-7H2,(H,8,10). The molecule has 0 aliphatic carbocycles. The molecule has 0 aliphatic heterocycles. The Kier molecular flexibility index (Phi) is 1.88. The van der Waals surface area contributed by atoms with Gasteiger partial charge in [-0.05, 0) is 0 Å². The zero-order valence-corrected chi connectivity index (χ0v) is 5.45. The van der Waals surface area contributed by atoms with Crippen molar-refractivity contribution in [1.29, 1.82) is 0 Å². The normalized spacial score (nSPS) is 10.7. The van der Waals surface area contributed by atoms with Gasteiger partial charge in [0.05, 0.1) is 12.7 Å². The van der Waals surface area contributed by atoms with Crippen LogP contribution in [0, 0.1) is 0 Å². The van der Waals surface area contributed by atoms with Gasteiger partial charge in [0.25, 0.3) is 0 Å². The fourth-order valence-electron chi connectivity index (χ4n) is 0.720. The second-order valence-corrected chi connectivity index (χ2v) is 2.08. The molecule has 0 aromatic carbocycles. The maximum Gasteiger partial charge on any atom is 0.325 e. The van der Waals surface area contributed by atoms with Gasteiger partial charge in [0, 0.05) is 12.4 Å². The summed E-state index contributed by atoms with van der Waals surface area (Å²) in [6.07, 6.45) is 2.67. The van der Waals surface area contributed by atoms with Crippen molar-refractivity contribution in [3.05, 3.63) is 22.9 Å². The summed E-state index contributed by atoms with van der Waals surface area (Å²) < 4.78 is 1.42. The van der Waals surface area contributed by atoms with Gasteiger partial charge in [-0.2, -0.15) is 0 Å². The molecule has 0 bridgehead atoms. The molecular weight excluding hydrogens is 132 g/mol. The minimum Gasteiger partial charge on any atom is -0.315 e. The predicted molar refractivity (Wildman–Crippen MR) is 37.2 cm³/mol. The van der Waals surface area contributed by atoms with Gasteiger partial charge in [-0.1, -0.05) is 0 Å². The lowest BCUT2D eigenvalue weighted by molar-refractivity contribution is 0.557. The lowest BCUT2D eigenvalue weighted by Crippen LogP contribution is -2.37. The van der Waals surface area contributed by atoms with E-state index >= 15 is 0 Å². The number of nitrogens with two attached hydrogens (primary N) is 2. The lowest BCUT2D eigenvalue weighted by Gasteiger charge is -2.03. The van der Waals surface area contributed by atoms with Gasteiger partial charge < -0.3 is 16.5 Å². The first kappa shape index (κ1) is 7.04. The summed E-state index contributed by atoms with van der Waals surface area (Å²) in [5.41, 5.74) is 10.3. The van der Waals surface area contributed by atoms with E-state index in [2.05, 4.69) is 4.98 Å². The summed E-state index contributed by atoms with van der Waals surface area (Å²) in [7, 11) is 0. The SMILES string of the molecule is NC(N)Cn1cc[nH]c1=O. The van der Waals surface area contributed by atoms with Crippen molar-refractivity contribution >= 4 is 0 Å². The van der Waals surface area contributed by atoms with Crippen molar-refractivity contribution in [3.63, 3.8) is 0 Å². The second-order valence-electron chi connectivity index (χ2n) is 2.08. The van der Waals surface area contributed by atoms with Crippen LogP contribution in [0.3, 0.4) is 0 Å². The number of nitrogens with one attached hydrogen (secondary N) is 1. The fraction of sp³-hybridized carbons (Fsp3) is 0.400. The van der Waals surface area contributed by atoms with E-state index < -0.39 is 6.17 Å². The summed E-state index contributed by atoms with van der Waals surface area (Å²) in [6, 6.07) is 0. The number of H-pyrrole nitrogens is 1. The molecule has 10 heavy (non-hydrogen) atoms. The average Bonchev–Trinajstić information content (AvgIpc) is 2.15. The molecule has 0 spiro atoms. The largest absolute Gasteiger partial charge is 0.325 e. The number of aromatic nitrogens is 2. The van der Waals surface area contributed by atoms with E-state index in [1.54, 1.807) is 12.4 Å². The molecule has 5 nitrogen and oxygen atoms in total. The Morgan fingerprint density at radius 3 is 2.80 bits per heavy atom. The third-order valence-corrected chi connectivity index (χ3v) is 1.13. The highest BCUT2D eigenvalue weighted by Gasteiger charge is 1.97. The van der Waals surface area contributed by atoms with Crippen LogP contribution < -0.4 is 17.2 Å². The van der Waals surface area contributed by atoms with Crippen LogP contribution in [0.15, 0.2) is 17.2 Å². The molecule has 0 aliphatic rings. The van der Waals surface area contributed by atoms with E-state index in [4.69, 9.17) is 11.5 Å². The molecule has 0 saturated heterocycles. The van der Waals surface area contributed by atoms with Crippen LogP contribution >= 0.6 is 0 Å². The van der Waals surface area contributed by atoms with Gasteiger partial charge >= 0.3 is 5.69 Å². The highest BCUT2D eigenvalue weighted by molar-refractivity contribution is 4.76. The molecule has 0 atom stereocenters. The predicted octanol–water partition coefficient (Wildman–Crippen LogP) is -1.58. The molecule has 0 unspecified atom stereocenters. The molecule has 0 radical (unpaired) electrons. The Hall–Kier alpha value is -1.07. The van der Waals surface area contributed by atoms with Crippen LogP contribution in [0.2, 0.25) is 0 Å². The summed E-state index contributed by atoms with van der Waals surface area (Å²) in [5.74, 6) is 0. The van der Waals surface area contributed by atoms with Crippen molar-refractivity contribution in [2.75, 3.05) is 0 Å². The monoisotopic (exact) mass is 142 g/mol. The van der Waals surface area contributed by atoms with Gasteiger partial charge in [0.15, 0.2) is 0 Å². The molecule has 56 valence electrons. The van der Waals surface area contributed by atoms with Crippen LogP contribution in [0.4, 0.5) is 0 Å². The molecule has 1 heterocycles. The number of imidazole rings is 1. The van der Waals surface area contributed by atoms with Crippen molar-refractivity contribution in [1.82, 2.24) is 9.55 Å². The summed E-state index contributed by atoms with van der Waals surface area (Å²) in [4.78, 5) is 13.2. The zero-order chi connectivity index (χ0) is 7.56. The Bertz CT molecular complexity index is 248. The highest BCUT2D eigenvalue weighted by Crippen LogP contribution is 1.77. The lowest BCUT2D eigenvalue weighted by atomic mass is 10.5. The van der Waals surface area contributed by atoms with Crippen LogP contribution in [-0.4, -0.2) is 15.7 Å². The number of hydrogen-bond acceptors (Lipinski definition) is 3. The van der Waals surface area contributed by atoms with Crippen molar-refractivity contribution < 1.29 is 0 Å². The van der Waals surface area contributed by atoms with Crippen molar-refractivity contribution in [2.24, 2.45) is 11.5 Å². The van der Waals surface area contributed by atoms with E-state index in [0.717, 1.165) is 0 Å². The van der Waals surface area contributed by atoms with Gasteiger partial charge in [-0.25, -0.2) is 4.79 Å². The van der Waals surface area contributed by atoms with Crippen molar-refractivity contribution in [3.8, 4) is 0 Å². The van der Waals surface area contributed by atoms with Crippen LogP contribution in [0.25, 0.3) is 0 Å². The van der Waals surface area contributed by atoms with Crippen LogP contribution in [-0.2, 0) is 6.54 Å². The quantitative estimate of drug-likeness (QED) is 0.435. The first-order valence-electron chi connectivity index (χ1n) is 2.95. The Balaban J connectivity index is 2.75. The van der Waals surface area contributed by atoms with Crippen LogP contribution in [0.1, 0.15) is 0 Å². The number of hydrogen-bond donors (Lipinski definition) is 3. The first-order chi connectivity index (χ1) is 4.70. The van der Waals surface area contributed by atoms with E-state index in [1.807, 2.05) is 0 Å². The maximum atomic E-state index is 10.8. The number of rotatable bonds is 2. The van der Waals surface area contributed by atoms with Gasteiger partial charge in [-0.3, -0.25) is 4.57 Å². The molecular formula is C5H10N4O. The van der Waals surface area contributed by atoms with Crippen LogP contribution in [0.5, 0.6) is 0 Å². The first-order valence-corrected chi connectivity index (χ1v) is 2.95. The third-order valence-electron chi connectivity index (χ3n) is 1.13. The highest BCUT2D eigenvalue weighted by atomic mass is 16.1. The molecule has 0 saturated carbocycles. The van der Waals surface area contributed by atoms with E-state index in [9.17, 15) is 4.79 Å². The topological polar surface area (TPSA) is 89.8 Å². The average molecular weight is 142 g/mol. The summed E-state index contributed by atoms with van der Waals surface area (Å²) in [5, 5.41) is 0. The van der Waals surface area contributed by atoms with Crippen molar-refractivity contribution in [2.45, 2.75) is 12.7 Å². The van der Waals surface area contributed by atoms with Gasteiger partial charge in [-0.15, -0.1) is 0 Å². The Labute approximate surface area is 57.6 Å². The molecule has 1 rings (SSSR count). The summed E-state index contributed by atoms with van der Waals surface area (Å²) in [6.45, 7) is 0.350. The van der Waals surface area contributed by atoms with Gasteiger partial charge in [0.2, 0.25) is 0 Å².